The van der Waals surface area contributed by atoms with E-state index in [0.717, 1.165) is 6.92 Å². The molecule has 0 aromatic rings. The molecular weight excluding hydrogens is 395 g/mol. The Morgan fingerprint density at radius 1 is 1.15 bits per heavy atom. The third-order valence-corrected chi connectivity index (χ3v) is 6.99. The lowest BCUT2D eigenvalue weighted by molar-refractivity contribution is -0.401. The van der Waals surface area contributed by atoms with Crippen LogP contribution in [0.25, 0.3) is 0 Å². The smallest absolute Gasteiger partial charge is 0.423 e. The van der Waals surface area contributed by atoms with Crippen LogP contribution < -0.4 is 0 Å². The van der Waals surface area contributed by atoms with E-state index < -0.39 is 55.8 Å². The molecule has 2 saturated heterocycles. The van der Waals surface area contributed by atoms with Crippen LogP contribution in [0.3, 0.4) is 0 Å². The first-order valence-electron chi connectivity index (χ1n) is 7.73. The van der Waals surface area contributed by atoms with Crippen LogP contribution in [0.4, 0.5) is 26.3 Å². The SMILES string of the molecule is CCOP(=O)(OCC)[C@H]1CN2C(C(F)(F)F)(C(F)(F)F)OC(=O)[C@]2(C)C1. The molecule has 0 saturated carbocycles. The van der Waals surface area contributed by atoms with Gasteiger partial charge in [0.2, 0.25) is 0 Å². The number of ether oxygens (including phenoxy) is 1. The standard InChI is InChI=1S/C13H18F6NO5P/c1-4-23-26(22,24-5-2)8-6-10(3)9(21)25-11(12(14,15)16,13(17,18)19)20(10)7-8/h8H,4-7H2,1-3H3/t8-,10+/m1/s1. The topological polar surface area (TPSA) is 65.1 Å². The number of nitrogens with zero attached hydrogens (tertiary/aromatic N) is 1. The Hall–Kier alpha value is -0.840. The van der Waals surface area contributed by atoms with Crippen molar-refractivity contribution in [1.29, 1.82) is 0 Å². The Morgan fingerprint density at radius 2 is 1.62 bits per heavy atom. The number of rotatable bonds is 5. The molecule has 2 aliphatic heterocycles. The minimum atomic E-state index is -5.95. The number of fused-ring (bicyclic) bond motifs is 1. The summed E-state index contributed by atoms with van der Waals surface area (Å²) in [5, 5.41) is 0. The summed E-state index contributed by atoms with van der Waals surface area (Å²) in [5.74, 6) is -1.69. The van der Waals surface area contributed by atoms with Crippen LogP contribution in [-0.2, 0) is 23.1 Å². The summed E-state index contributed by atoms with van der Waals surface area (Å²) in [4.78, 5) is 11.9. The maximum Gasteiger partial charge on any atom is 0.453 e. The number of cyclic esters (lactones) is 1. The normalized spacial score (nSPS) is 29.7. The number of hydrogen-bond donors (Lipinski definition) is 0. The first-order valence-corrected chi connectivity index (χ1v) is 9.34. The van der Waals surface area contributed by atoms with Crippen molar-refractivity contribution in [2.45, 2.75) is 56.5 Å². The molecule has 0 N–H and O–H groups in total. The van der Waals surface area contributed by atoms with Crippen molar-refractivity contribution in [2.75, 3.05) is 19.8 Å². The Kier molecular flexibility index (Phi) is 5.24. The largest absolute Gasteiger partial charge is 0.453 e. The zero-order valence-electron chi connectivity index (χ0n) is 14.1. The van der Waals surface area contributed by atoms with Crippen molar-refractivity contribution >= 4 is 13.6 Å². The molecule has 2 aliphatic rings. The van der Waals surface area contributed by atoms with Gasteiger partial charge in [-0.25, -0.2) is 9.69 Å². The molecule has 152 valence electrons. The second kappa shape index (κ2) is 6.35. The number of carbonyl (C=O) groups is 1. The van der Waals surface area contributed by atoms with Crippen LogP contribution in [0.5, 0.6) is 0 Å². The molecule has 0 unspecified atom stereocenters. The molecule has 6 nitrogen and oxygen atoms in total. The van der Waals surface area contributed by atoms with Gasteiger partial charge in [0.15, 0.2) is 0 Å². The van der Waals surface area contributed by atoms with Crippen LogP contribution in [0.2, 0.25) is 0 Å². The minimum absolute atomic E-state index is 0.113. The van der Waals surface area contributed by atoms with Gasteiger partial charge < -0.3 is 13.8 Å². The zero-order valence-corrected chi connectivity index (χ0v) is 15.0. The lowest BCUT2D eigenvalue weighted by atomic mass is 9.99. The second-order valence-electron chi connectivity index (χ2n) is 6.15. The van der Waals surface area contributed by atoms with Gasteiger partial charge in [0.25, 0.3) is 0 Å². The van der Waals surface area contributed by atoms with E-state index >= 15 is 0 Å². The Bertz CT molecular complexity index is 599. The van der Waals surface area contributed by atoms with Crippen molar-refractivity contribution in [3.8, 4) is 0 Å². The zero-order chi connectivity index (χ0) is 20.2. The summed E-state index contributed by atoms with van der Waals surface area (Å²) in [7, 11) is -4.04. The molecule has 2 heterocycles. The van der Waals surface area contributed by atoms with Crippen molar-refractivity contribution in [1.82, 2.24) is 4.90 Å². The van der Waals surface area contributed by atoms with Gasteiger partial charge in [-0.2, -0.15) is 26.3 Å². The first kappa shape index (κ1) is 21.5. The highest BCUT2D eigenvalue weighted by molar-refractivity contribution is 7.54. The van der Waals surface area contributed by atoms with Gasteiger partial charge in [0.1, 0.15) is 5.54 Å². The highest BCUT2D eigenvalue weighted by atomic mass is 31.2. The van der Waals surface area contributed by atoms with Gasteiger partial charge in [-0.15, -0.1) is 0 Å². The summed E-state index contributed by atoms with van der Waals surface area (Å²) in [6, 6.07) is 0. The maximum atomic E-state index is 13.4. The van der Waals surface area contributed by atoms with Crippen molar-refractivity contribution < 1.29 is 49.5 Å². The van der Waals surface area contributed by atoms with E-state index in [0.29, 0.717) is 0 Å². The van der Waals surface area contributed by atoms with Crippen LogP contribution in [-0.4, -0.2) is 59.9 Å². The third kappa shape index (κ3) is 2.85. The minimum Gasteiger partial charge on any atom is -0.423 e. The van der Waals surface area contributed by atoms with E-state index in [1.54, 1.807) is 0 Å². The molecule has 2 fully saturated rings. The molecule has 2 atom stereocenters. The highest BCUT2D eigenvalue weighted by Gasteiger charge is 2.85. The number of alkyl halides is 6. The fraction of sp³-hybridized carbons (Fsp3) is 0.923. The predicted molar refractivity (Wildman–Crippen MR) is 75.3 cm³/mol. The lowest BCUT2D eigenvalue weighted by Gasteiger charge is -2.39. The lowest BCUT2D eigenvalue weighted by Crippen LogP contribution is -2.67. The van der Waals surface area contributed by atoms with Gasteiger partial charge >= 0.3 is 31.6 Å². The number of carbonyl (C=O) groups excluding carboxylic acids is 1. The van der Waals surface area contributed by atoms with E-state index in [9.17, 15) is 35.7 Å². The number of esters is 1. The van der Waals surface area contributed by atoms with E-state index in [2.05, 4.69) is 4.74 Å². The Balaban J connectivity index is 2.54. The summed E-state index contributed by atoms with van der Waals surface area (Å²) >= 11 is 0. The van der Waals surface area contributed by atoms with E-state index in [1.807, 2.05) is 0 Å². The van der Waals surface area contributed by atoms with Crippen LogP contribution in [0.15, 0.2) is 0 Å². The second-order valence-corrected chi connectivity index (χ2v) is 8.47. The average molecular weight is 413 g/mol. The van der Waals surface area contributed by atoms with Gasteiger partial charge in [-0.1, -0.05) is 0 Å². The molecule has 0 aromatic carbocycles. The number of hydrogen-bond acceptors (Lipinski definition) is 6. The number of halogens is 6. The molecule has 0 bridgehead atoms. The summed E-state index contributed by atoms with van der Waals surface area (Å²) in [6.45, 7) is 2.56. The van der Waals surface area contributed by atoms with Crippen LogP contribution in [0.1, 0.15) is 27.2 Å². The van der Waals surface area contributed by atoms with E-state index in [1.165, 1.54) is 13.8 Å². The van der Waals surface area contributed by atoms with Crippen molar-refractivity contribution in [3.05, 3.63) is 0 Å². The van der Waals surface area contributed by atoms with E-state index in [-0.39, 0.29) is 18.1 Å². The van der Waals surface area contributed by atoms with Gasteiger partial charge in [-0.05, 0) is 27.2 Å². The van der Waals surface area contributed by atoms with Gasteiger partial charge in [0.05, 0.1) is 18.9 Å². The summed E-state index contributed by atoms with van der Waals surface area (Å²) in [6.07, 6.45) is -12.5. The fourth-order valence-electron chi connectivity index (χ4n) is 3.42. The Morgan fingerprint density at radius 3 is 2.00 bits per heavy atom. The average Bonchev–Trinajstić information content (AvgIpc) is 2.91. The van der Waals surface area contributed by atoms with Gasteiger partial charge in [0, 0.05) is 6.54 Å². The fourth-order valence-corrected chi connectivity index (χ4v) is 5.58. The highest BCUT2D eigenvalue weighted by Crippen LogP contribution is 2.64. The maximum absolute atomic E-state index is 13.4. The molecule has 0 radical (unpaired) electrons. The third-order valence-electron chi connectivity index (χ3n) is 4.52. The summed E-state index contributed by atoms with van der Waals surface area (Å²) < 4.78 is 107. The molecule has 13 heteroatoms. The quantitative estimate of drug-likeness (QED) is 0.391. The predicted octanol–water partition coefficient (Wildman–Crippen LogP) is 3.46. The molecule has 26 heavy (non-hydrogen) atoms. The Labute approximate surface area is 145 Å². The van der Waals surface area contributed by atoms with Crippen LogP contribution in [0, 0.1) is 0 Å². The van der Waals surface area contributed by atoms with Crippen molar-refractivity contribution in [3.63, 3.8) is 0 Å². The molecule has 0 spiro atoms. The molecule has 0 aromatic heterocycles. The van der Waals surface area contributed by atoms with E-state index in [4.69, 9.17) is 9.05 Å². The molecule has 0 amide bonds. The summed E-state index contributed by atoms with van der Waals surface area (Å²) in [5.41, 5.74) is -8.41. The van der Waals surface area contributed by atoms with Crippen LogP contribution >= 0.6 is 7.60 Å². The van der Waals surface area contributed by atoms with Crippen molar-refractivity contribution in [2.24, 2.45) is 0 Å². The molecular formula is C13H18F6NO5P. The monoisotopic (exact) mass is 413 g/mol. The molecule has 0 aliphatic carbocycles. The molecule has 2 rings (SSSR count). The first-order chi connectivity index (χ1) is 11.7. The van der Waals surface area contributed by atoms with Gasteiger partial charge in [-0.3, -0.25) is 4.57 Å².